The highest BCUT2D eigenvalue weighted by Crippen LogP contribution is 2.41. The van der Waals surface area contributed by atoms with Gasteiger partial charge in [0.2, 0.25) is 0 Å². The van der Waals surface area contributed by atoms with Crippen LogP contribution in [0.4, 0.5) is 0 Å². The van der Waals surface area contributed by atoms with Gasteiger partial charge in [0.25, 0.3) is 0 Å². The van der Waals surface area contributed by atoms with Crippen LogP contribution in [0.2, 0.25) is 0 Å². The molecule has 0 aromatic heterocycles. The molecule has 1 N–H and O–H groups in total. The van der Waals surface area contributed by atoms with Gasteiger partial charge in [0, 0.05) is 13.2 Å². The summed E-state index contributed by atoms with van der Waals surface area (Å²) in [5.41, 5.74) is -0.474. The zero-order chi connectivity index (χ0) is 12.0. The fourth-order valence-corrected chi connectivity index (χ4v) is 2.31. The fraction of sp³-hybridized carbons (Fsp3) is 0.923. The van der Waals surface area contributed by atoms with Crippen molar-refractivity contribution >= 4 is 5.97 Å². The van der Waals surface area contributed by atoms with Crippen molar-refractivity contribution in [3.63, 3.8) is 0 Å². The summed E-state index contributed by atoms with van der Waals surface area (Å²) in [6, 6.07) is 0. The van der Waals surface area contributed by atoms with Gasteiger partial charge in [0.15, 0.2) is 0 Å². The molecule has 0 unspecified atom stereocenters. The third kappa shape index (κ3) is 3.78. The minimum atomic E-state index is -0.627. The average Bonchev–Trinajstić information content (AvgIpc) is 2.66. The van der Waals surface area contributed by atoms with Crippen LogP contribution < -0.4 is 0 Å². The molecule has 94 valence electrons. The van der Waals surface area contributed by atoms with Crippen molar-refractivity contribution in [2.24, 2.45) is 11.3 Å². The van der Waals surface area contributed by atoms with Crippen LogP contribution in [0.5, 0.6) is 0 Å². The molecule has 1 rings (SSSR count). The lowest BCUT2D eigenvalue weighted by atomic mass is 9.83. The van der Waals surface area contributed by atoms with E-state index in [1.54, 1.807) is 0 Å². The number of hydrogen-bond acceptors (Lipinski definition) is 2. The summed E-state index contributed by atoms with van der Waals surface area (Å²) in [6.07, 6.45) is 5.50. The predicted molar refractivity (Wildman–Crippen MR) is 63.4 cm³/mol. The monoisotopic (exact) mass is 228 g/mol. The third-order valence-electron chi connectivity index (χ3n) is 3.58. The third-order valence-corrected chi connectivity index (χ3v) is 3.58. The molecule has 1 aliphatic rings. The molecule has 0 aliphatic heterocycles. The summed E-state index contributed by atoms with van der Waals surface area (Å²) in [4.78, 5) is 11.2. The maximum atomic E-state index is 11.2. The maximum Gasteiger partial charge on any atom is 0.309 e. The summed E-state index contributed by atoms with van der Waals surface area (Å²) in [5.74, 6) is 0.0253. The van der Waals surface area contributed by atoms with Crippen molar-refractivity contribution < 1.29 is 14.6 Å². The molecule has 1 aliphatic carbocycles. The van der Waals surface area contributed by atoms with Crippen LogP contribution in [0.3, 0.4) is 0 Å². The first-order valence-corrected chi connectivity index (χ1v) is 6.38. The first-order valence-electron chi connectivity index (χ1n) is 6.38. The van der Waals surface area contributed by atoms with E-state index in [2.05, 4.69) is 13.8 Å². The normalized spacial score (nSPS) is 19.2. The van der Waals surface area contributed by atoms with Crippen molar-refractivity contribution in [3.8, 4) is 0 Å². The lowest BCUT2D eigenvalue weighted by Crippen LogP contribution is -2.29. The first-order chi connectivity index (χ1) is 7.57. The van der Waals surface area contributed by atoms with Crippen molar-refractivity contribution in [2.45, 2.75) is 52.4 Å². The smallest absolute Gasteiger partial charge is 0.309 e. The van der Waals surface area contributed by atoms with Gasteiger partial charge in [-0.2, -0.15) is 0 Å². The standard InChI is InChI=1S/C13H24O3/c1-11(2)5-9-16-10-8-13(12(14)15)6-3-4-7-13/h11H,3-10H2,1-2H3,(H,14,15). The van der Waals surface area contributed by atoms with Crippen LogP contribution >= 0.6 is 0 Å². The highest BCUT2D eigenvalue weighted by atomic mass is 16.5. The van der Waals surface area contributed by atoms with Crippen LogP contribution in [-0.2, 0) is 9.53 Å². The van der Waals surface area contributed by atoms with Gasteiger partial charge in [-0.15, -0.1) is 0 Å². The Hall–Kier alpha value is -0.570. The molecule has 3 heteroatoms. The van der Waals surface area contributed by atoms with Gasteiger partial charge < -0.3 is 9.84 Å². The Bertz CT molecular complexity index is 217. The van der Waals surface area contributed by atoms with Crippen molar-refractivity contribution in [1.29, 1.82) is 0 Å². The molecule has 1 fully saturated rings. The summed E-state index contributed by atoms with van der Waals surface area (Å²) in [5, 5.41) is 9.25. The van der Waals surface area contributed by atoms with Gasteiger partial charge in [-0.05, 0) is 31.6 Å². The molecule has 1 saturated carbocycles. The largest absolute Gasteiger partial charge is 0.481 e. The summed E-state index contributed by atoms with van der Waals surface area (Å²) in [6.45, 7) is 5.69. The predicted octanol–water partition coefficient (Wildman–Crippen LogP) is 3.08. The van der Waals surface area contributed by atoms with Gasteiger partial charge in [-0.1, -0.05) is 26.7 Å². The van der Waals surface area contributed by atoms with E-state index in [-0.39, 0.29) is 0 Å². The molecule has 0 spiro atoms. The Kier molecular flexibility index (Phi) is 5.26. The molecule has 0 aromatic carbocycles. The molecule has 0 amide bonds. The van der Waals surface area contributed by atoms with Gasteiger partial charge in [-0.3, -0.25) is 4.79 Å². The molecule has 3 nitrogen and oxygen atoms in total. The highest BCUT2D eigenvalue weighted by Gasteiger charge is 2.40. The van der Waals surface area contributed by atoms with E-state index in [1.165, 1.54) is 0 Å². The van der Waals surface area contributed by atoms with E-state index in [4.69, 9.17) is 4.74 Å². The average molecular weight is 228 g/mol. The summed E-state index contributed by atoms with van der Waals surface area (Å²) < 4.78 is 5.52. The van der Waals surface area contributed by atoms with E-state index in [0.29, 0.717) is 18.9 Å². The fourth-order valence-electron chi connectivity index (χ4n) is 2.31. The quantitative estimate of drug-likeness (QED) is 0.681. The van der Waals surface area contributed by atoms with Crippen LogP contribution in [0.15, 0.2) is 0 Å². The number of carbonyl (C=O) groups is 1. The number of hydrogen-bond donors (Lipinski definition) is 1. The Morgan fingerprint density at radius 1 is 1.31 bits per heavy atom. The van der Waals surface area contributed by atoms with Crippen molar-refractivity contribution in [1.82, 2.24) is 0 Å². The van der Waals surface area contributed by atoms with Crippen molar-refractivity contribution in [2.75, 3.05) is 13.2 Å². The van der Waals surface area contributed by atoms with Crippen LogP contribution in [0.1, 0.15) is 52.4 Å². The molecule has 0 bridgehead atoms. The maximum absolute atomic E-state index is 11.2. The Morgan fingerprint density at radius 2 is 1.94 bits per heavy atom. The number of carboxylic acid groups (broad SMARTS) is 1. The molecule has 0 heterocycles. The Balaban J connectivity index is 2.21. The Morgan fingerprint density at radius 3 is 2.44 bits per heavy atom. The second-order valence-electron chi connectivity index (χ2n) is 5.34. The molecule has 16 heavy (non-hydrogen) atoms. The van der Waals surface area contributed by atoms with Crippen LogP contribution in [0, 0.1) is 11.3 Å². The zero-order valence-electron chi connectivity index (χ0n) is 10.5. The lowest BCUT2D eigenvalue weighted by Gasteiger charge is -2.23. The molecular weight excluding hydrogens is 204 g/mol. The molecule has 0 atom stereocenters. The number of rotatable bonds is 7. The number of aliphatic carboxylic acids is 1. The summed E-state index contributed by atoms with van der Waals surface area (Å²) >= 11 is 0. The topological polar surface area (TPSA) is 46.5 Å². The minimum Gasteiger partial charge on any atom is -0.481 e. The first kappa shape index (κ1) is 13.5. The SMILES string of the molecule is CC(C)CCOCCC1(C(=O)O)CCCC1. The van der Waals surface area contributed by atoms with Crippen LogP contribution in [-0.4, -0.2) is 24.3 Å². The number of carboxylic acids is 1. The van der Waals surface area contributed by atoms with E-state index in [9.17, 15) is 9.90 Å². The summed E-state index contributed by atoms with van der Waals surface area (Å²) in [7, 11) is 0. The van der Waals surface area contributed by atoms with E-state index in [1.807, 2.05) is 0 Å². The molecular formula is C13H24O3. The number of ether oxygens (including phenoxy) is 1. The second kappa shape index (κ2) is 6.24. The minimum absolute atomic E-state index is 0.474. The van der Waals surface area contributed by atoms with Crippen LogP contribution in [0.25, 0.3) is 0 Å². The van der Waals surface area contributed by atoms with Gasteiger partial charge in [-0.25, -0.2) is 0 Å². The van der Waals surface area contributed by atoms with E-state index in [0.717, 1.165) is 38.7 Å². The molecule has 0 aromatic rings. The lowest BCUT2D eigenvalue weighted by molar-refractivity contribution is -0.149. The van der Waals surface area contributed by atoms with Gasteiger partial charge in [0.1, 0.15) is 0 Å². The van der Waals surface area contributed by atoms with Gasteiger partial charge >= 0.3 is 5.97 Å². The van der Waals surface area contributed by atoms with Gasteiger partial charge in [0.05, 0.1) is 5.41 Å². The second-order valence-corrected chi connectivity index (χ2v) is 5.34. The Labute approximate surface area is 98.2 Å². The highest BCUT2D eigenvalue weighted by molar-refractivity contribution is 5.74. The molecule has 0 saturated heterocycles. The zero-order valence-corrected chi connectivity index (χ0v) is 10.5. The molecule has 0 radical (unpaired) electrons. The van der Waals surface area contributed by atoms with Crippen molar-refractivity contribution in [3.05, 3.63) is 0 Å². The van der Waals surface area contributed by atoms with E-state index >= 15 is 0 Å². The van der Waals surface area contributed by atoms with E-state index < -0.39 is 11.4 Å².